The minimum absolute atomic E-state index is 0.135. The third-order valence-corrected chi connectivity index (χ3v) is 6.15. The van der Waals surface area contributed by atoms with Crippen molar-refractivity contribution in [2.24, 2.45) is 23.2 Å². The highest BCUT2D eigenvalue weighted by Crippen LogP contribution is 2.46. The highest BCUT2D eigenvalue weighted by Gasteiger charge is 2.36. The number of unbranched alkanes of at least 4 members (excludes halogenated alkanes) is 1. The Kier molecular flexibility index (Phi) is 6.34. The first-order chi connectivity index (χ1) is 10.2. The average molecular weight is 287 g/mol. The fourth-order valence-electron chi connectivity index (χ4n) is 4.70. The van der Waals surface area contributed by atoms with Crippen LogP contribution >= 0.6 is 0 Å². The van der Waals surface area contributed by atoms with E-state index in [2.05, 4.69) is 25.1 Å². The van der Waals surface area contributed by atoms with Gasteiger partial charge in [-0.15, -0.1) is 0 Å². The predicted octanol–water partition coefficient (Wildman–Crippen LogP) is 6.26. The third kappa shape index (κ3) is 4.35. The second kappa shape index (κ2) is 8.02. The van der Waals surface area contributed by atoms with Crippen LogP contribution in [0.1, 0.15) is 84.5 Å². The summed E-state index contributed by atoms with van der Waals surface area (Å²) >= 11 is 0. The summed E-state index contributed by atoms with van der Waals surface area (Å²) in [5, 5.41) is 9.49. The summed E-state index contributed by atoms with van der Waals surface area (Å²) < 4.78 is 0. The Morgan fingerprint density at radius 2 is 1.67 bits per heavy atom. The van der Waals surface area contributed by atoms with Crippen LogP contribution in [-0.2, 0) is 0 Å². The van der Waals surface area contributed by atoms with Crippen molar-refractivity contribution >= 4 is 0 Å². The third-order valence-electron chi connectivity index (χ3n) is 6.15. The number of allylic oxidation sites excluding steroid dienone is 2. The van der Waals surface area contributed by atoms with Crippen molar-refractivity contribution in [2.75, 3.05) is 0 Å². The van der Waals surface area contributed by atoms with Gasteiger partial charge in [-0.05, 0) is 63.2 Å². The average Bonchev–Trinajstić information content (AvgIpc) is 2.54. The van der Waals surface area contributed by atoms with E-state index in [1.807, 2.05) is 6.92 Å². The lowest BCUT2D eigenvalue weighted by Crippen LogP contribution is -2.30. The first kappa shape index (κ1) is 16.6. The Labute approximate surface area is 131 Å². The lowest BCUT2D eigenvalue weighted by Gasteiger charge is -2.39. The Bertz CT molecular complexity index is 360. The van der Waals surface area contributed by atoms with E-state index in [0.717, 1.165) is 30.6 Å². The van der Waals surface area contributed by atoms with Crippen molar-refractivity contribution in [3.8, 4) is 6.07 Å². The molecule has 1 nitrogen and oxygen atoms in total. The lowest BCUT2D eigenvalue weighted by molar-refractivity contribution is 0.137. The zero-order valence-electron chi connectivity index (χ0n) is 14.1. The molecular weight excluding hydrogens is 254 g/mol. The summed E-state index contributed by atoms with van der Waals surface area (Å²) in [5.41, 5.74) is -0.135. The molecule has 0 amide bonds. The second-order valence-corrected chi connectivity index (χ2v) is 7.53. The molecule has 1 heteroatoms. The van der Waals surface area contributed by atoms with Crippen molar-refractivity contribution in [1.82, 2.24) is 0 Å². The first-order valence-electron chi connectivity index (χ1n) is 9.28. The number of nitriles is 1. The largest absolute Gasteiger partial charge is 0.197 e. The molecular formula is C20H33N. The summed E-state index contributed by atoms with van der Waals surface area (Å²) in [5.74, 6) is 2.89. The maximum Gasteiger partial charge on any atom is 0.0753 e. The number of hydrogen-bond acceptors (Lipinski definition) is 1. The normalized spacial score (nSPS) is 37.5. The predicted molar refractivity (Wildman–Crippen MR) is 89.8 cm³/mol. The smallest absolute Gasteiger partial charge is 0.0753 e. The van der Waals surface area contributed by atoms with Crippen LogP contribution < -0.4 is 0 Å². The molecule has 118 valence electrons. The Hall–Kier alpha value is -0.770. The van der Waals surface area contributed by atoms with Crippen LogP contribution in [-0.4, -0.2) is 0 Å². The fourth-order valence-corrected chi connectivity index (χ4v) is 4.70. The minimum Gasteiger partial charge on any atom is -0.197 e. The van der Waals surface area contributed by atoms with Crippen molar-refractivity contribution < 1.29 is 0 Å². The molecule has 0 aromatic rings. The zero-order chi connectivity index (χ0) is 15.1. The van der Waals surface area contributed by atoms with Crippen molar-refractivity contribution in [3.63, 3.8) is 0 Å². The van der Waals surface area contributed by atoms with Gasteiger partial charge in [0.25, 0.3) is 0 Å². The maximum absolute atomic E-state index is 9.49. The van der Waals surface area contributed by atoms with Crippen LogP contribution in [0.25, 0.3) is 0 Å². The van der Waals surface area contributed by atoms with Crippen LogP contribution in [0.5, 0.6) is 0 Å². The van der Waals surface area contributed by atoms with Gasteiger partial charge in [0.05, 0.1) is 11.5 Å². The topological polar surface area (TPSA) is 23.8 Å². The zero-order valence-corrected chi connectivity index (χ0v) is 14.1. The Morgan fingerprint density at radius 3 is 2.19 bits per heavy atom. The summed E-state index contributed by atoms with van der Waals surface area (Å²) in [6.45, 7) is 4.35. The molecule has 0 aromatic carbocycles. The highest BCUT2D eigenvalue weighted by molar-refractivity contribution is 5.13. The highest BCUT2D eigenvalue weighted by atomic mass is 14.4. The summed E-state index contributed by atoms with van der Waals surface area (Å²) in [7, 11) is 0. The Balaban J connectivity index is 1.78. The molecule has 0 atom stereocenters. The van der Waals surface area contributed by atoms with Crippen LogP contribution in [0, 0.1) is 34.5 Å². The van der Waals surface area contributed by atoms with Gasteiger partial charge in [-0.25, -0.2) is 0 Å². The minimum atomic E-state index is -0.135. The van der Waals surface area contributed by atoms with Crippen molar-refractivity contribution in [2.45, 2.75) is 84.5 Å². The van der Waals surface area contributed by atoms with E-state index in [0.29, 0.717) is 0 Å². The molecule has 0 aliphatic heterocycles. The molecule has 0 unspecified atom stereocenters. The summed E-state index contributed by atoms with van der Waals surface area (Å²) in [4.78, 5) is 0. The molecule has 2 aliphatic rings. The standard InChI is InChI=1S/C20H33N/c1-3-5-6-17-7-9-18(10-8-17)19-11-14-20(16-21,13-4-2)15-12-19/h4,13,17-19H,3,5-12,14-15H2,1-2H3. The summed E-state index contributed by atoms with van der Waals surface area (Å²) in [6.07, 6.45) is 19.1. The van der Waals surface area contributed by atoms with Gasteiger partial charge in [0.15, 0.2) is 0 Å². The molecule has 2 saturated carbocycles. The number of hydrogen-bond donors (Lipinski definition) is 0. The van der Waals surface area contributed by atoms with E-state index >= 15 is 0 Å². The quantitative estimate of drug-likeness (QED) is 0.547. The molecule has 2 aliphatic carbocycles. The van der Waals surface area contributed by atoms with Gasteiger partial charge in [-0.1, -0.05) is 51.2 Å². The first-order valence-corrected chi connectivity index (χ1v) is 9.28. The lowest BCUT2D eigenvalue weighted by atomic mass is 9.64. The van der Waals surface area contributed by atoms with Gasteiger partial charge in [0, 0.05) is 0 Å². The molecule has 2 rings (SSSR count). The molecule has 0 aromatic heterocycles. The van der Waals surface area contributed by atoms with Crippen LogP contribution in [0.3, 0.4) is 0 Å². The monoisotopic (exact) mass is 287 g/mol. The second-order valence-electron chi connectivity index (χ2n) is 7.53. The molecule has 0 N–H and O–H groups in total. The van der Waals surface area contributed by atoms with Crippen molar-refractivity contribution in [3.05, 3.63) is 12.2 Å². The van der Waals surface area contributed by atoms with E-state index in [1.54, 1.807) is 0 Å². The van der Waals surface area contributed by atoms with E-state index in [9.17, 15) is 5.26 Å². The van der Waals surface area contributed by atoms with E-state index in [4.69, 9.17) is 0 Å². The van der Waals surface area contributed by atoms with Gasteiger partial charge in [-0.2, -0.15) is 5.26 Å². The van der Waals surface area contributed by atoms with E-state index in [1.165, 1.54) is 57.8 Å². The molecule has 0 radical (unpaired) electrons. The summed E-state index contributed by atoms with van der Waals surface area (Å²) in [6, 6.07) is 2.59. The molecule has 0 saturated heterocycles. The number of rotatable bonds is 5. The molecule has 0 spiro atoms. The molecule has 21 heavy (non-hydrogen) atoms. The molecule has 0 heterocycles. The van der Waals surface area contributed by atoms with Gasteiger partial charge < -0.3 is 0 Å². The van der Waals surface area contributed by atoms with Gasteiger partial charge in [0.1, 0.15) is 0 Å². The van der Waals surface area contributed by atoms with Crippen LogP contribution in [0.2, 0.25) is 0 Å². The van der Waals surface area contributed by atoms with E-state index < -0.39 is 0 Å². The molecule has 2 fully saturated rings. The SMILES string of the molecule is CC=CC1(C#N)CCC(C2CCC(CCCC)CC2)CC1. The van der Waals surface area contributed by atoms with Crippen LogP contribution in [0.4, 0.5) is 0 Å². The van der Waals surface area contributed by atoms with Gasteiger partial charge in [0.2, 0.25) is 0 Å². The number of nitrogens with zero attached hydrogens (tertiary/aromatic N) is 1. The Morgan fingerprint density at radius 1 is 1.05 bits per heavy atom. The maximum atomic E-state index is 9.49. The van der Waals surface area contributed by atoms with E-state index in [-0.39, 0.29) is 5.41 Å². The fraction of sp³-hybridized carbons (Fsp3) is 0.850. The van der Waals surface area contributed by atoms with Crippen molar-refractivity contribution in [1.29, 1.82) is 5.26 Å². The van der Waals surface area contributed by atoms with Crippen LogP contribution in [0.15, 0.2) is 12.2 Å². The molecule has 0 bridgehead atoms. The van der Waals surface area contributed by atoms with Gasteiger partial charge in [-0.3, -0.25) is 0 Å². The van der Waals surface area contributed by atoms with Gasteiger partial charge >= 0.3 is 0 Å².